The number of thioether (sulfide) groups is 1. The van der Waals surface area contributed by atoms with Crippen LogP contribution in [-0.4, -0.2) is 66.4 Å². The molecule has 1 N–H and O–H groups in total. The van der Waals surface area contributed by atoms with Gasteiger partial charge in [-0.3, -0.25) is 9.89 Å². The van der Waals surface area contributed by atoms with Gasteiger partial charge in [-0.25, -0.2) is 4.39 Å². The van der Waals surface area contributed by atoms with Crippen LogP contribution in [-0.2, 0) is 6.54 Å². The third kappa shape index (κ3) is 7.25. The van der Waals surface area contributed by atoms with Crippen LogP contribution in [0.15, 0.2) is 51.0 Å². The van der Waals surface area contributed by atoms with Crippen molar-refractivity contribution in [2.24, 2.45) is 4.99 Å². The molecule has 0 atom stereocenters. The van der Waals surface area contributed by atoms with Crippen LogP contribution in [0.1, 0.15) is 12.1 Å². The molecule has 0 amide bonds. The molecule has 9 heteroatoms. The van der Waals surface area contributed by atoms with E-state index in [1.165, 1.54) is 12.1 Å². The quantitative estimate of drug-likeness (QED) is 0.199. The maximum Gasteiger partial charge on any atom is 0.193 e. The molecule has 0 aliphatic carbocycles. The summed E-state index contributed by atoms with van der Waals surface area (Å²) < 4.78 is 17.8. The lowest BCUT2D eigenvalue weighted by molar-refractivity contribution is 0.169. The predicted molar refractivity (Wildman–Crippen MR) is 122 cm³/mol. The first-order valence-electron chi connectivity index (χ1n) is 9.20. The summed E-state index contributed by atoms with van der Waals surface area (Å²) in [5.74, 6) is 1.76. The van der Waals surface area contributed by atoms with Gasteiger partial charge in [0.25, 0.3) is 0 Å². The number of nitrogens with one attached hydrogen (secondary N) is 1. The highest BCUT2D eigenvalue weighted by atomic mass is 127. The molecule has 0 saturated carbocycles. The summed E-state index contributed by atoms with van der Waals surface area (Å²) in [6.45, 7) is 5.56. The topological polar surface area (TPSA) is 56.9 Å². The number of aromatic nitrogens is 1. The fourth-order valence-corrected chi connectivity index (χ4v) is 3.84. The van der Waals surface area contributed by atoms with E-state index in [4.69, 9.17) is 4.52 Å². The number of hydrogen-bond acceptors (Lipinski definition) is 5. The van der Waals surface area contributed by atoms with E-state index < -0.39 is 0 Å². The first-order chi connectivity index (χ1) is 13.2. The van der Waals surface area contributed by atoms with Gasteiger partial charge in [0.15, 0.2) is 5.96 Å². The third-order valence-corrected chi connectivity index (χ3v) is 5.55. The fourth-order valence-electron chi connectivity index (χ4n) is 2.99. The maximum absolute atomic E-state index is 12.9. The molecule has 1 aliphatic heterocycles. The van der Waals surface area contributed by atoms with Crippen molar-refractivity contribution in [2.75, 3.05) is 45.5 Å². The van der Waals surface area contributed by atoms with Gasteiger partial charge < -0.3 is 14.7 Å². The molecule has 0 radical (unpaired) electrons. The number of piperazine rings is 1. The van der Waals surface area contributed by atoms with Crippen molar-refractivity contribution in [1.82, 2.24) is 20.3 Å². The molecule has 1 aromatic carbocycles. The Morgan fingerprint density at radius 1 is 1.21 bits per heavy atom. The lowest BCUT2D eigenvalue weighted by atomic mass is 10.3. The molecule has 1 fully saturated rings. The van der Waals surface area contributed by atoms with Gasteiger partial charge in [0.05, 0.1) is 5.69 Å². The average Bonchev–Trinajstić information content (AvgIpc) is 3.20. The van der Waals surface area contributed by atoms with Crippen LogP contribution in [0.25, 0.3) is 0 Å². The van der Waals surface area contributed by atoms with E-state index in [9.17, 15) is 4.39 Å². The van der Waals surface area contributed by atoms with E-state index in [0.717, 1.165) is 68.0 Å². The van der Waals surface area contributed by atoms with Gasteiger partial charge in [-0.2, -0.15) is 0 Å². The second kappa shape index (κ2) is 12.3. The molecular weight excluding hydrogens is 492 g/mol. The molecule has 0 spiro atoms. The SMILES string of the molecule is CN=C(NCCCSc1ccc(F)cc1)N1CCN(Cc2ccon2)CC1.I. The number of hydrogen-bond donors (Lipinski definition) is 1. The van der Waals surface area contributed by atoms with E-state index in [-0.39, 0.29) is 29.8 Å². The highest BCUT2D eigenvalue weighted by molar-refractivity contribution is 14.0. The van der Waals surface area contributed by atoms with Crippen molar-refractivity contribution < 1.29 is 8.91 Å². The van der Waals surface area contributed by atoms with E-state index in [1.807, 2.05) is 25.2 Å². The normalized spacial score (nSPS) is 15.4. The van der Waals surface area contributed by atoms with Gasteiger partial charge in [-0.05, 0) is 36.4 Å². The lowest BCUT2D eigenvalue weighted by Gasteiger charge is -2.36. The van der Waals surface area contributed by atoms with Gasteiger partial charge in [-0.1, -0.05) is 5.16 Å². The zero-order valence-corrected chi connectivity index (χ0v) is 19.2. The minimum Gasteiger partial charge on any atom is -0.364 e. The Bertz CT molecular complexity index is 706. The van der Waals surface area contributed by atoms with Gasteiger partial charge in [-0.15, -0.1) is 35.7 Å². The number of rotatable bonds is 7. The van der Waals surface area contributed by atoms with E-state index >= 15 is 0 Å². The summed E-state index contributed by atoms with van der Waals surface area (Å²) >= 11 is 1.75. The summed E-state index contributed by atoms with van der Waals surface area (Å²) in [5, 5.41) is 7.43. The van der Waals surface area contributed by atoms with Crippen LogP contribution >= 0.6 is 35.7 Å². The molecule has 1 saturated heterocycles. The predicted octanol–water partition coefficient (Wildman–Crippen LogP) is 3.31. The number of nitrogens with zero attached hydrogens (tertiary/aromatic N) is 4. The summed E-state index contributed by atoms with van der Waals surface area (Å²) in [7, 11) is 1.83. The Morgan fingerprint density at radius 2 is 1.96 bits per heavy atom. The van der Waals surface area contributed by atoms with E-state index in [1.54, 1.807) is 18.0 Å². The number of halogens is 2. The molecule has 1 aliphatic rings. The van der Waals surface area contributed by atoms with Crippen molar-refractivity contribution in [2.45, 2.75) is 17.9 Å². The summed E-state index contributed by atoms with van der Waals surface area (Å²) in [6, 6.07) is 8.57. The van der Waals surface area contributed by atoms with Gasteiger partial charge in [0.1, 0.15) is 12.1 Å². The average molecular weight is 519 g/mol. The largest absolute Gasteiger partial charge is 0.364 e. The van der Waals surface area contributed by atoms with Gasteiger partial charge in [0, 0.05) is 57.3 Å². The Hall–Kier alpha value is -1.33. The van der Waals surface area contributed by atoms with Crippen molar-refractivity contribution in [3.8, 4) is 0 Å². The summed E-state index contributed by atoms with van der Waals surface area (Å²) in [4.78, 5) is 10.2. The van der Waals surface area contributed by atoms with Crippen LogP contribution in [0, 0.1) is 5.82 Å². The zero-order chi connectivity index (χ0) is 18.9. The van der Waals surface area contributed by atoms with E-state index in [2.05, 4.69) is 25.3 Å². The van der Waals surface area contributed by atoms with Crippen molar-refractivity contribution in [1.29, 1.82) is 0 Å². The van der Waals surface area contributed by atoms with E-state index in [0.29, 0.717) is 0 Å². The van der Waals surface area contributed by atoms with Crippen LogP contribution in [0.5, 0.6) is 0 Å². The monoisotopic (exact) mass is 519 g/mol. The minimum absolute atomic E-state index is 0. The smallest absolute Gasteiger partial charge is 0.193 e. The Balaban J connectivity index is 0.00000280. The second-order valence-corrected chi connectivity index (χ2v) is 7.55. The summed E-state index contributed by atoms with van der Waals surface area (Å²) in [5.41, 5.74) is 0.976. The molecule has 28 heavy (non-hydrogen) atoms. The molecule has 154 valence electrons. The molecule has 1 aromatic heterocycles. The Morgan fingerprint density at radius 3 is 2.61 bits per heavy atom. The zero-order valence-electron chi connectivity index (χ0n) is 16.0. The van der Waals surface area contributed by atoms with Crippen molar-refractivity contribution >= 4 is 41.7 Å². The standard InChI is InChI=1S/C19H26FN5OS.HI/c1-21-19(22-8-2-14-27-18-5-3-16(20)4-6-18)25-11-9-24(10-12-25)15-17-7-13-26-23-17;/h3-7,13H,2,8-12,14-15H2,1H3,(H,21,22);1H. The van der Waals surface area contributed by atoms with Crippen LogP contribution in [0.3, 0.4) is 0 Å². The van der Waals surface area contributed by atoms with Gasteiger partial charge in [0.2, 0.25) is 0 Å². The van der Waals surface area contributed by atoms with Crippen molar-refractivity contribution in [3.63, 3.8) is 0 Å². The molecule has 2 aromatic rings. The molecule has 3 rings (SSSR count). The third-order valence-electron chi connectivity index (χ3n) is 4.45. The number of aliphatic imine (C=N–C) groups is 1. The summed E-state index contributed by atoms with van der Waals surface area (Å²) in [6.07, 6.45) is 2.64. The molecule has 2 heterocycles. The maximum atomic E-state index is 12.9. The van der Waals surface area contributed by atoms with Crippen molar-refractivity contribution in [3.05, 3.63) is 48.1 Å². The molecule has 0 unspecified atom stereocenters. The second-order valence-electron chi connectivity index (χ2n) is 6.38. The lowest BCUT2D eigenvalue weighted by Crippen LogP contribution is -2.52. The first-order valence-corrected chi connectivity index (χ1v) is 10.2. The highest BCUT2D eigenvalue weighted by Gasteiger charge is 2.20. The fraction of sp³-hybridized carbons (Fsp3) is 0.474. The van der Waals surface area contributed by atoms with Crippen LogP contribution < -0.4 is 5.32 Å². The number of benzene rings is 1. The highest BCUT2D eigenvalue weighted by Crippen LogP contribution is 2.18. The Kier molecular flexibility index (Phi) is 10.1. The van der Waals surface area contributed by atoms with Gasteiger partial charge >= 0.3 is 0 Å². The molecular formula is C19H27FIN5OS. The van der Waals surface area contributed by atoms with Crippen LogP contribution in [0.4, 0.5) is 4.39 Å². The first kappa shape index (κ1) is 23.0. The van der Waals surface area contributed by atoms with Crippen LogP contribution in [0.2, 0.25) is 0 Å². The Labute approximate surface area is 186 Å². The molecule has 0 bridgehead atoms. The minimum atomic E-state index is -0.189. The number of guanidine groups is 1. The molecule has 6 nitrogen and oxygen atoms in total.